The fourth-order valence-electron chi connectivity index (χ4n) is 2.45. The van der Waals surface area contributed by atoms with Crippen LogP contribution < -0.4 is 5.32 Å². The highest BCUT2D eigenvalue weighted by molar-refractivity contribution is 6.30. The average Bonchev–Trinajstić information content (AvgIpc) is 2.28. The molecule has 0 fully saturated rings. The molecule has 1 atom stereocenters. The van der Waals surface area contributed by atoms with Gasteiger partial charge >= 0.3 is 0 Å². The van der Waals surface area contributed by atoms with E-state index in [1.165, 1.54) is 5.56 Å². The van der Waals surface area contributed by atoms with E-state index >= 15 is 0 Å². The van der Waals surface area contributed by atoms with Crippen molar-refractivity contribution in [2.75, 3.05) is 6.54 Å². The zero-order valence-corrected chi connectivity index (χ0v) is 13.0. The standard InChI is InChI=1S/C16H26ClN/c1-11(2)16(12(3)4)10-18-13(5)14-7-6-8-15(17)9-14/h6-9,11-13,16,18H,10H2,1-5H3. The maximum Gasteiger partial charge on any atom is 0.0409 e. The minimum Gasteiger partial charge on any atom is -0.310 e. The highest BCUT2D eigenvalue weighted by Gasteiger charge is 2.18. The summed E-state index contributed by atoms with van der Waals surface area (Å²) in [4.78, 5) is 0. The molecule has 0 aliphatic rings. The van der Waals surface area contributed by atoms with Gasteiger partial charge in [-0.25, -0.2) is 0 Å². The van der Waals surface area contributed by atoms with Gasteiger partial charge in [0.1, 0.15) is 0 Å². The molecule has 0 heterocycles. The van der Waals surface area contributed by atoms with Crippen molar-refractivity contribution < 1.29 is 0 Å². The van der Waals surface area contributed by atoms with Gasteiger partial charge in [0.05, 0.1) is 0 Å². The Morgan fingerprint density at radius 2 is 1.67 bits per heavy atom. The van der Waals surface area contributed by atoms with E-state index < -0.39 is 0 Å². The molecule has 0 aromatic heterocycles. The predicted molar refractivity (Wildman–Crippen MR) is 81.0 cm³/mol. The molecule has 0 aliphatic heterocycles. The van der Waals surface area contributed by atoms with Crippen LogP contribution in [0.1, 0.15) is 46.2 Å². The molecule has 1 aromatic rings. The van der Waals surface area contributed by atoms with Crippen LogP contribution in [-0.4, -0.2) is 6.54 Å². The predicted octanol–water partition coefficient (Wildman–Crippen LogP) is 4.92. The normalized spacial score (nSPS) is 13.6. The Balaban J connectivity index is 2.57. The van der Waals surface area contributed by atoms with E-state index in [1.807, 2.05) is 18.2 Å². The number of benzene rings is 1. The van der Waals surface area contributed by atoms with Gasteiger partial charge in [-0.2, -0.15) is 0 Å². The SMILES string of the molecule is CC(NCC(C(C)C)C(C)C)c1cccc(Cl)c1. The first kappa shape index (κ1) is 15.5. The number of hydrogen-bond donors (Lipinski definition) is 1. The Hall–Kier alpha value is -0.530. The van der Waals surface area contributed by atoms with Gasteiger partial charge in [-0.1, -0.05) is 51.4 Å². The first-order valence-corrected chi connectivity index (χ1v) is 7.28. The van der Waals surface area contributed by atoms with Crippen molar-refractivity contribution in [1.82, 2.24) is 5.32 Å². The molecule has 0 aliphatic carbocycles. The van der Waals surface area contributed by atoms with Gasteiger partial charge in [0.2, 0.25) is 0 Å². The molecule has 1 aromatic carbocycles. The topological polar surface area (TPSA) is 12.0 Å². The highest BCUT2D eigenvalue weighted by Crippen LogP contribution is 2.22. The molecule has 2 heteroatoms. The summed E-state index contributed by atoms with van der Waals surface area (Å²) in [5.74, 6) is 2.14. The molecule has 1 rings (SSSR count). The lowest BCUT2D eigenvalue weighted by Crippen LogP contribution is -2.31. The van der Waals surface area contributed by atoms with E-state index in [0.29, 0.717) is 23.8 Å². The van der Waals surface area contributed by atoms with Gasteiger partial charge < -0.3 is 5.32 Å². The molecule has 0 radical (unpaired) electrons. The number of hydrogen-bond acceptors (Lipinski definition) is 1. The van der Waals surface area contributed by atoms with Crippen molar-refractivity contribution in [3.8, 4) is 0 Å². The molecule has 0 saturated heterocycles. The van der Waals surface area contributed by atoms with Gasteiger partial charge in [-0.3, -0.25) is 0 Å². The fourth-order valence-corrected chi connectivity index (χ4v) is 2.65. The van der Waals surface area contributed by atoms with Crippen molar-refractivity contribution in [1.29, 1.82) is 0 Å². The molecule has 0 saturated carbocycles. The Morgan fingerprint density at radius 3 is 2.17 bits per heavy atom. The minimum absolute atomic E-state index is 0.351. The third-order valence-corrected chi connectivity index (χ3v) is 3.96. The maximum absolute atomic E-state index is 6.02. The Labute approximate surface area is 117 Å². The van der Waals surface area contributed by atoms with Crippen LogP contribution in [-0.2, 0) is 0 Å². The Kier molecular flexibility index (Phi) is 6.17. The summed E-state index contributed by atoms with van der Waals surface area (Å²) in [5, 5.41) is 4.44. The van der Waals surface area contributed by atoms with Crippen molar-refractivity contribution >= 4 is 11.6 Å². The summed E-state index contributed by atoms with van der Waals surface area (Å²) in [6.07, 6.45) is 0. The van der Waals surface area contributed by atoms with Crippen LogP contribution in [0.3, 0.4) is 0 Å². The largest absolute Gasteiger partial charge is 0.310 e. The summed E-state index contributed by atoms with van der Waals surface area (Å²) in [6, 6.07) is 8.45. The third-order valence-electron chi connectivity index (χ3n) is 3.72. The van der Waals surface area contributed by atoms with E-state index in [0.717, 1.165) is 11.6 Å². The van der Waals surface area contributed by atoms with Gasteiger partial charge in [0.25, 0.3) is 0 Å². The quantitative estimate of drug-likeness (QED) is 0.772. The summed E-state index contributed by atoms with van der Waals surface area (Å²) in [5.41, 5.74) is 1.26. The fraction of sp³-hybridized carbons (Fsp3) is 0.625. The second kappa shape index (κ2) is 7.16. The first-order chi connectivity index (χ1) is 8.41. The summed E-state index contributed by atoms with van der Waals surface area (Å²) in [7, 11) is 0. The number of rotatable bonds is 6. The Bertz CT molecular complexity index is 352. The smallest absolute Gasteiger partial charge is 0.0409 e. The zero-order chi connectivity index (χ0) is 13.7. The summed E-state index contributed by atoms with van der Waals surface area (Å²) < 4.78 is 0. The second-order valence-corrected chi connectivity index (χ2v) is 6.27. The highest BCUT2D eigenvalue weighted by atomic mass is 35.5. The molecule has 1 nitrogen and oxygen atoms in total. The lowest BCUT2D eigenvalue weighted by atomic mass is 9.85. The van der Waals surface area contributed by atoms with E-state index in [2.05, 4.69) is 46.0 Å². The van der Waals surface area contributed by atoms with E-state index in [4.69, 9.17) is 11.6 Å². The van der Waals surface area contributed by atoms with Crippen molar-refractivity contribution in [2.24, 2.45) is 17.8 Å². The lowest BCUT2D eigenvalue weighted by molar-refractivity contribution is 0.268. The number of halogens is 1. The van der Waals surface area contributed by atoms with Gasteiger partial charge in [0, 0.05) is 11.1 Å². The molecular formula is C16H26ClN. The molecule has 0 bridgehead atoms. The van der Waals surface area contributed by atoms with Crippen LogP contribution in [0.2, 0.25) is 5.02 Å². The van der Waals surface area contributed by atoms with Crippen LogP contribution in [0.5, 0.6) is 0 Å². The van der Waals surface area contributed by atoms with Gasteiger partial charge in [-0.05, 0) is 48.9 Å². The molecule has 0 spiro atoms. The maximum atomic E-state index is 6.02. The first-order valence-electron chi connectivity index (χ1n) is 6.90. The van der Waals surface area contributed by atoms with Crippen molar-refractivity contribution in [3.63, 3.8) is 0 Å². The van der Waals surface area contributed by atoms with Crippen LogP contribution in [0.15, 0.2) is 24.3 Å². The van der Waals surface area contributed by atoms with E-state index in [1.54, 1.807) is 0 Å². The van der Waals surface area contributed by atoms with Gasteiger partial charge in [0.15, 0.2) is 0 Å². The Morgan fingerprint density at radius 1 is 1.06 bits per heavy atom. The van der Waals surface area contributed by atoms with Crippen molar-refractivity contribution in [2.45, 2.75) is 40.7 Å². The van der Waals surface area contributed by atoms with E-state index in [9.17, 15) is 0 Å². The third kappa shape index (κ3) is 4.62. The zero-order valence-electron chi connectivity index (χ0n) is 12.2. The average molecular weight is 268 g/mol. The minimum atomic E-state index is 0.351. The molecular weight excluding hydrogens is 242 g/mol. The second-order valence-electron chi connectivity index (χ2n) is 5.84. The van der Waals surface area contributed by atoms with Gasteiger partial charge in [-0.15, -0.1) is 0 Å². The summed E-state index contributed by atoms with van der Waals surface area (Å²) >= 11 is 6.02. The van der Waals surface area contributed by atoms with Crippen LogP contribution in [0.4, 0.5) is 0 Å². The molecule has 18 heavy (non-hydrogen) atoms. The van der Waals surface area contributed by atoms with Crippen LogP contribution >= 0.6 is 11.6 Å². The van der Waals surface area contributed by atoms with E-state index in [-0.39, 0.29) is 0 Å². The number of nitrogens with one attached hydrogen (secondary N) is 1. The monoisotopic (exact) mass is 267 g/mol. The lowest BCUT2D eigenvalue weighted by Gasteiger charge is -2.27. The summed E-state index contributed by atoms with van der Waals surface area (Å²) in [6.45, 7) is 12.5. The molecule has 1 N–H and O–H groups in total. The van der Waals surface area contributed by atoms with Crippen LogP contribution in [0.25, 0.3) is 0 Å². The molecule has 0 amide bonds. The molecule has 1 unspecified atom stereocenters. The molecule has 102 valence electrons. The van der Waals surface area contributed by atoms with Crippen LogP contribution in [0, 0.1) is 17.8 Å². The van der Waals surface area contributed by atoms with Crippen molar-refractivity contribution in [3.05, 3.63) is 34.9 Å².